The van der Waals surface area contributed by atoms with Crippen LogP contribution in [0, 0.1) is 11.8 Å². The molecule has 0 bridgehead atoms. The van der Waals surface area contributed by atoms with Crippen molar-refractivity contribution in [3.05, 3.63) is 0 Å². The number of unbranched alkanes of at least 4 members (excludes halogenated alkanes) is 1. The molecule has 148 valence electrons. The third-order valence-electron chi connectivity index (χ3n) is 4.85. The van der Waals surface area contributed by atoms with Gasteiger partial charge in [-0.2, -0.15) is 0 Å². The lowest BCUT2D eigenvalue weighted by Gasteiger charge is -2.30. The molecular formula is C18H38IN5O. The molecule has 1 amide bonds. The molecule has 1 rings (SSSR count). The zero-order chi connectivity index (χ0) is 17.9. The van der Waals surface area contributed by atoms with Gasteiger partial charge in [0.2, 0.25) is 5.91 Å². The fraction of sp³-hybridized carbons (Fsp3) is 0.889. The van der Waals surface area contributed by atoms with E-state index in [1.165, 1.54) is 0 Å². The van der Waals surface area contributed by atoms with E-state index in [0.29, 0.717) is 12.0 Å². The fourth-order valence-electron chi connectivity index (χ4n) is 2.78. The average Bonchev–Trinajstić information content (AvgIpc) is 2.54. The van der Waals surface area contributed by atoms with Gasteiger partial charge in [-0.25, -0.2) is 0 Å². The summed E-state index contributed by atoms with van der Waals surface area (Å²) in [6, 6.07) is 0.411. The molecule has 0 aromatic rings. The summed E-state index contributed by atoms with van der Waals surface area (Å²) in [5.41, 5.74) is 5.37. The van der Waals surface area contributed by atoms with Crippen molar-refractivity contribution in [3.63, 3.8) is 0 Å². The van der Waals surface area contributed by atoms with Crippen LogP contribution >= 0.6 is 24.0 Å². The Morgan fingerprint density at radius 1 is 1.24 bits per heavy atom. The number of nitrogens with zero attached hydrogens (tertiary/aromatic N) is 2. The highest BCUT2D eigenvalue weighted by Gasteiger charge is 2.22. The van der Waals surface area contributed by atoms with Crippen LogP contribution < -0.4 is 16.4 Å². The first-order valence-corrected chi connectivity index (χ1v) is 9.50. The second-order valence-corrected chi connectivity index (χ2v) is 7.16. The Morgan fingerprint density at radius 3 is 2.40 bits per heavy atom. The molecule has 25 heavy (non-hydrogen) atoms. The number of amides is 1. The summed E-state index contributed by atoms with van der Waals surface area (Å²) in [4.78, 5) is 18.3. The summed E-state index contributed by atoms with van der Waals surface area (Å²) in [7, 11) is 0. The van der Waals surface area contributed by atoms with Gasteiger partial charge in [0.25, 0.3) is 0 Å². The molecule has 0 aromatic heterocycles. The van der Waals surface area contributed by atoms with Gasteiger partial charge in [0.05, 0.1) is 0 Å². The van der Waals surface area contributed by atoms with Crippen LogP contribution in [0.3, 0.4) is 0 Å². The summed E-state index contributed by atoms with van der Waals surface area (Å²) < 4.78 is 0. The first-order valence-electron chi connectivity index (χ1n) is 9.50. The molecule has 0 aliphatic carbocycles. The minimum Gasteiger partial charge on any atom is -0.369 e. The molecule has 0 radical (unpaired) electrons. The average molecular weight is 467 g/mol. The van der Waals surface area contributed by atoms with Crippen LogP contribution in [-0.2, 0) is 4.79 Å². The molecule has 0 aromatic carbocycles. The maximum absolute atomic E-state index is 11.2. The van der Waals surface area contributed by atoms with E-state index >= 15 is 0 Å². The highest BCUT2D eigenvalue weighted by Crippen LogP contribution is 2.16. The number of nitrogens with two attached hydrogens (primary N) is 1. The van der Waals surface area contributed by atoms with E-state index in [0.717, 1.165) is 64.4 Å². The lowest BCUT2D eigenvalue weighted by Crippen LogP contribution is -2.44. The number of carbonyl (C=O) groups excluding carboxylic acids is 1. The Hall–Kier alpha value is -0.570. The van der Waals surface area contributed by atoms with Gasteiger partial charge >= 0.3 is 0 Å². The zero-order valence-corrected chi connectivity index (χ0v) is 18.7. The number of guanidine groups is 1. The van der Waals surface area contributed by atoms with Crippen molar-refractivity contribution < 1.29 is 4.79 Å². The topological polar surface area (TPSA) is 82.8 Å². The second kappa shape index (κ2) is 13.6. The predicted octanol–water partition coefficient (Wildman–Crippen LogP) is 2.18. The second-order valence-electron chi connectivity index (χ2n) is 7.16. The number of aliphatic imine (C=N–C) groups is 1. The molecule has 1 saturated heterocycles. The molecule has 6 nitrogen and oxygen atoms in total. The van der Waals surface area contributed by atoms with Crippen molar-refractivity contribution in [2.45, 2.75) is 59.4 Å². The van der Waals surface area contributed by atoms with Crippen LogP contribution in [0.1, 0.15) is 53.4 Å². The van der Waals surface area contributed by atoms with Crippen molar-refractivity contribution >= 4 is 35.8 Å². The number of rotatable bonds is 9. The number of halogens is 1. The molecule has 1 heterocycles. The number of hydrogen-bond acceptors (Lipinski definition) is 3. The van der Waals surface area contributed by atoms with Gasteiger partial charge in [-0.05, 0) is 65.1 Å². The van der Waals surface area contributed by atoms with Gasteiger partial charge in [0, 0.05) is 25.0 Å². The Morgan fingerprint density at radius 2 is 1.88 bits per heavy atom. The Labute approximate surface area is 170 Å². The van der Waals surface area contributed by atoms with Crippen LogP contribution in [0.25, 0.3) is 0 Å². The number of likely N-dealkylation sites (tertiary alicyclic amines) is 1. The van der Waals surface area contributed by atoms with E-state index in [1.807, 2.05) is 0 Å². The van der Waals surface area contributed by atoms with Crippen molar-refractivity contribution in [1.82, 2.24) is 15.5 Å². The molecule has 1 aliphatic rings. The minimum absolute atomic E-state index is 0. The highest BCUT2D eigenvalue weighted by molar-refractivity contribution is 14.0. The predicted molar refractivity (Wildman–Crippen MR) is 116 cm³/mol. The molecule has 0 saturated carbocycles. The standard InChI is InChI=1S/C18H37N5O.HI/c1-5-20-18(22-15(4)14(2)3)21-10-6-7-11-23-12-8-16(9-13-23)17(19)24;/h14-16H,5-13H2,1-4H3,(H2,19,24)(H2,20,21,22);1H. The summed E-state index contributed by atoms with van der Waals surface area (Å²) >= 11 is 0. The van der Waals surface area contributed by atoms with Crippen molar-refractivity contribution in [1.29, 1.82) is 0 Å². The number of nitrogens with one attached hydrogen (secondary N) is 2. The van der Waals surface area contributed by atoms with E-state index in [2.05, 4.69) is 48.2 Å². The minimum atomic E-state index is -0.136. The fourth-order valence-corrected chi connectivity index (χ4v) is 2.78. The number of piperidine rings is 1. The summed E-state index contributed by atoms with van der Waals surface area (Å²) in [6.45, 7) is 13.5. The molecule has 4 N–H and O–H groups in total. The van der Waals surface area contributed by atoms with Gasteiger partial charge in [0.1, 0.15) is 0 Å². The summed E-state index contributed by atoms with van der Waals surface area (Å²) in [5.74, 6) is 1.45. The van der Waals surface area contributed by atoms with Crippen LogP contribution in [0.2, 0.25) is 0 Å². The third kappa shape index (κ3) is 10.2. The Kier molecular flexibility index (Phi) is 13.3. The molecule has 1 atom stereocenters. The monoisotopic (exact) mass is 467 g/mol. The van der Waals surface area contributed by atoms with Crippen molar-refractivity contribution in [2.75, 3.05) is 32.7 Å². The molecule has 7 heteroatoms. The van der Waals surface area contributed by atoms with Gasteiger partial charge in [0.15, 0.2) is 5.96 Å². The van der Waals surface area contributed by atoms with E-state index < -0.39 is 0 Å². The normalized spacial score (nSPS) is 17.9. The lowest BCUT2D eigenvalue weighted by atomic mass is 9.96. The van der Waals surface area contributed by atoms with E-state index in [9.17, 15) is 4.79 Å². The highest BCUT2D eigenvalue weighted by atomic mass is 127. The molecular weight excluding hydrogens is 429 g/mol. The van der Waals surface area contributed by atoms with E-state index in [4.69, 9.17) is 5.73 Å². The molecule has 0 spiro atoms. The molecule has 1 unspecified atom stereocenters. The first kappa shape index (κ1) is 24.4. The van der Waals surface area contributed by atoms with E-state index in [-0.39, 0.29) is 35.8 Å². The first-order chi connectivity index (χ1) is 11.4. The van der Waals surface area contributed by atoms with Gasteiger partial charge in [-0.3, -0.25) is 9.79 Å². The number of carbonyl (C=O) groups is 1. The molecule has 1 fully saturated rings. The third-order valence-corrected chi connectivity index (χ3v) is 4.85. The summed E-state index contributed by atoms with van der Waals surface area (Å²) in [5, 5.41) is 6.77. The lowest BCUT2D eigenvalue weighted by molar-refractivity contribution is -0.123. The maximum Gasteiger partial charge on any atom is 0.220 e. The molecule has 1 aliphatic heterocycles. The smallest absolute Gasteiger partial charge is 0.220 e. The van der Waals surface area contributed by atoms with Crippen LogP contribution in [0.5, 0.6) is 0 Å². The van der Waals surface area contributed by atoms with Crippen LogP contribution in [0.15, 0.2) is 4.99 Å². The quantitative estimate of drug-likeness (QED) is 0.210. The van der Waals surface area contributed by atoms with Crippen molar-refractivity contribution in [3.8, 4) is 0 Å². The largest absolute Gasteiger partial charge is 0.369 e. The zero-order valence-electron chi connectivity index (χ0n) is 16.4. The number of primary amides is 1. The van der Waals surface area contributed by atoms with Gasteiger partial charge in [-0.1, -0.05) is 13.8 Å². The SMILES string of the molecule is CCNC(=NCCCCN1CCC(C(N)=O)CC1)NC(C)C(C)C.I. The van der Waals surface area contributed by atoms with Gasteiger partial charge in [-0.15, -0.1) is 24.0 Å². The summed E-state index contributed by atoms with van der Waals surface area (Å²) in [6.07, 6.45) is 4.05. The van der Waals surface area contributed by atoms with E-state index in [1.54, 1.807) is 0 Å². The maximum atomic E-state index is 11.2. The Balaban J connectivity index is 0.00000576. The van der Waals surface area contributed by atoms with Crippen molar-refractivity contribution in [2.24, 2.45) is 22.6 Å². The Bertz CT molecular complexity index is 395. The van der Waals surface area contributed by atoms with Gasteiger partial charge < -0.3 is 21.3 Å². The number of hydrogen-bond donors (Lipinski definition) is 3. The van der Waals surface area contributed by atoms with Crippen LogP contribution in [-0.4, -0.2) is 55.5 Å². The van der Waals surface area contributed by atoms with Crippen LogP contribution in [0.4, 0.5) is 0 Å².